The van der Waals surface area contributed by atoms with Crippen LogP contribution in [0.1, 0.15) is 60.3 Å². The molecule has 152 valence electrons. The quantitative estimate of drug-likeness (QED) is 0.731. The van der Waals surface area contributed by atoms with Crippen LogP contribution in [0.3, 0.4) is 0 Å². The van der Waals surface area contributed by atoms with E-state index in [4.69, 9.17) is 0 Å². The van der Waals surface area contributed by atoms with Crippen LogP contribution in [0.2, 0.25) is 0 Å². The Morgan fingerprint density at radius 3 is 2.28 bits per heavy atom. The summed E-state index contributed by atoms with van der Waals surface area (Å²) in [4.78, 5) is 30.3. The van der Waals surface area contributed by atoms with Gasteiger partial charge in [-0.25, -0.2) is 4.98 Å². The van der Waals surface area contributed by atoms with Crippen LogP contribution in [-0.4, -0.2) is 16.8 Å². The van der Waals surface area contributed by atoms with Crippen LogP contribution in [0.25, 0.3) is 10.6 Å². The van der Waals surface area contributed by atoms with Gasteiger partial charge in [0.2, 0.25) is 5.91 Å². The first-order valence-electron chi connectivity index (χ1n) is 10.6. The Bertz CT molecular complexity index is 902. The summed E-state index contributed by atoms with van der Waals surface area (Å²) >= 11 is 1.35. The van der Waals surface area contributed by atoms with Crippen LogP contribution in [0, 0.1) is 30.1 Å². The SMILES string of the molecule is Cc1nc(-c2ccccc2)sc1C(=O)NNC(=O)CC12CC3CC(CC(C3)C1)C2. The zero-order chi connectivity index (χ0) is 20.0. The van der Waals surface area contributed by atoms with Gasteiger partial charge in [0.05, 0.1) is 5.69 Å². The minimum Gasteiger partial charge on any atom is -0.273 e. The van der Waals surface area contributed by atoms with Crippen LogP contribution in [0.4, 0.5) is 0 Å². The highest BCUT2D eigenvalue weighted by molar-refractivity contribution is 7.17. The second-order valence-electron chi connectivity index (χ2n) is 9.40. The van der Waals surface area contributed by atoms with Crippen molar-refractivity contribution in [3.63, 3.8) is 0 Å². The van der Waals surface area contributed by atoms with Crippen molar-refractivity contribution in [3.8, 4) is 10.6 Å². The summed E-state index contributed by atoms with van der Waals surface area (Å²) in [6.07, 6.45) is 8.20. The lowest BCUT2D eigenvalue weighted by Gasteiger charge is -2.56. The second-order valence-corrected chi connectivity index (χ2v) is 10.4. The van der Waals surface area contributed by atoms with Crippen molar-refractivity contribution >= 4 is 23.2 Å². The fraction of sp³-hybridized carbons (Fsp3) is 0.522. The van der Waals surface area contributed by atoms with Crippen molar-refractivity contribution in [2.45, 2.75) is 51.9 Å². The third-order valence-corrected chi connectivity index (χ3v) is 8.24. The molecule has 6 heteroatoms. The molecular formula is C23H27N3O2S. The average molecular weight is 410 g/mol. The zero-order valence-electron chi connectivity index (χ0n) is 16.7. The molecule has 4 fully saturated rings. The Morgan fingerprint density at radius 1 is 1.03 bits per heavy atom. The van der Waals surface area contributed by atoms with Crippen LogP contribution in [0.5, 0.6) is 0 Å². The van der Waals surface area contributed by atoms with E-state index in [-0.39, 0.29) is 17.2 Å². The van der Waals surface area contributed by atoms with Crippen LogP contribution >= 0.6 is 11.3 Å². The number of thiazole rings is 1. The van der Waals surface area contributed by atoms with Gasteiger partial charge in [-0.05, 0) is 68.6 Å². The highest BCUT2D eigenvalue weighted by atomic mass is 32.1. The Labute approximate surface area is 175 Å². The molecule has 2 aromatic rings. The second kappa shape index (κ2) is 7.24. The Kier molecular flexibility index (Phi) is 4.69. The molecule has 0 saturated heterocycles. The van der Waals surface area contributed by atoms with E-state index in [9.17, 15) is 9.59 Å². The standard InChI is InChI=1S/C23H27N3O2S/c1-14-20(29-22(24-14)18-5-3-2-4-6-18)21(28)26-25-19(27)13-23-10-15-7-16(11-23)9-17(8-15)12-23/h2-6,15-17H,7-13H2,1H3,(H,25,27)(H,26,28). The maximum Gasteiger partial charge on any atom is 0.281 e. The summed E-state index contributed by atoms with van der Waals surface area (Å²) in [5.41, 5.74) is 7.14. The predicted octanol–water partition coefficient (Wildman–Crippen LogP) is 4.49. The normalized spacial score (nSPS) is 29.6. The number of amides is 2. The molecule has 2 N–H and O–H groups in total. The minimum atomic E-state index is -0.291. The summed E-state index contributed by atoms with van der Waals surface area (Å²) in [5.74, 6) is 2.10. The van der Waals surface area contributed by atoms with Crippen LogP contribution < -0.4 is 10.9 Å². The number of rotatable bonds is 4. The van der Waals surface area contributed by atoms with Gasteiger partial charge in [0, 0.05) is 12.0 Å². The third-order valence-electron chi connectivity index (χ3n) is 7.04. The molecule has 29 heavy (non-hydrogen) atoms. The fourth-order valence-corrected chi connectivity index (χ4v) is 7.35. The lowest BCUT2D eigenvalue weighted by atomic mass is 9.49. The lowest BCUT2D eigenvalue weighted by Crippen LogP contribution is -2.50. The molecule has 0 atom stereocenters. The number of hydrazine groups is 1. The molecular weight excluding hydrogens is 382 g/mol. The molecule has 0 aliphatic heterocycles. The van der Waals surface area contributed by atoms with E-state index in [2.05, 4.69) is 15.8 Å². The Hall–Kier alpha value is -2.21. The van der Waals surface area contributed by atoms with Gasteiger partial charge < -0.3 is 0 Å². The molecule has 0 unspecified atom stereocenters. The molecule has 4 aliphatic rings. The maximum atomic E-state index is 12.6. The van der Waals surface area contributed by atoms with Gasteiger partial charge in [-0.15, -0.1) is 11.3 Å². The molecule has 0 spiro atoms. The van der Waals surface area contributed by atoms with E-state index in [0.717, 1.165) is 28.3 Å². The molecule has 2 amide bonds. The van der Waals surface area contributed by atoms with Crippen molar-refractivity contribution in [1.29, 1.82) is 0 Å². The summed E-state index contributed by atoms with van der Waals surface area (Å²) in [6, 6.07) is 9.82. The molecule has 6 rings (SSSR count). The van der Waals surface area contributed by atoms with E-state index in [1.807, 2.05) is 37.3 Å². The first kappa shape index (κ1) is 18.8. The topological polar surface area (TPSA) is 71.1 Å². The largest absolute Gasteiger partial charge is 0.281 e. The van der Waals surface area contributed by atoms with E-state index in [1.165, 1.54) is 49.9 Å². The molecule has 0 radical (unpaired) electrons. The Balaban J connectivity index is 1.20. The Morgan fingerprint density at radius 2 is 1.66 bits per heavy atom. The van der Waals surface area contributed by atoms with E-state index >= 15 is 0 Å². The summed E-state index contributed by atoms with van der Waals surface area (Å²) in [7, 11) is 0. The van der Waals surface area contributed by atoms with Gasteiger partial charge in [0.1, 0.15) is 9.88 Å². The van der Waals surface area contributed by atoms with Gasteiger partial charge in [0.15, 0.2) is 0 Å². The van der Waals surface area contributed by atoms with E-state index < -0.39 is 0 Å². The number of carbonyl (C=O) groups is 2. The first-order valence-corrected chi connectivity index (χ1v) is 11.4. The molecule has 4 saturated carbocycles. The lowest BCUT2D eigenvalue weighted by molar-refractivity contribution is -0.130. The van der Waals surface area contributed by atoms with Crippen molar-refractivity contribution in [2.24, 2.45) is 23.2 Å². The van der Waals surface area contributed by atoms with Gasteiger partial charge in [0.25, 0.3) is 5.91 Å². The number of aryl methyl sites for hydroxylation is 1. The predicted molar refractivity (Wildman–Crippen MR) is 113 cm³/mol. The van der Waals surface area contributed by atoms with Crippen molar-refractivity contribution in [1.82, 2.24) is 15.8 Å². The average Bonchev–Trinajstić information content (AvgIpc) is 3.07. The first-order chi connectivity index (χ1) is 14.0. The number of hydrogen-bond acceptors (Lipinski definition) is 4. The van der Waals surface area contributed by atoms with Gasteiger partial charge in [-0.1, -0.05) is 30.3 Å². The van der Waals surface area contributed by atoms with Crippen molar-refractivity contribution < 1.29 is 9.59 Å². The third kappa shape index (κ3) is 3.70. The van der Waals surface area contributed by atoms with E-state index in [0.29, 0.717) is 17.0 Å². The number of nitrogens with zero attached hydrogens (tertiary/aromatic N) is 1. The maximum absolute atomic E-state index is 12.6. The highest BCUT2D eigenvalue weighted by Gasteiger charge is 2.51. The summed E-state index contributed by atoms with van der Waals surface area (Å²) in [5, 5.41) is 0.813. The monoisotopic (exact) mass is 409 g/mol. The fourth-order valence-electron chi connectivity index (χ4n) is 6.39. The number of nitrogens with one attached hydrogen (secondary N) is 2. The van der Waals surface area contributed by atoms with Gasteiger partial charge in [-0.2, -0.15) is 0 Å². The summed E-state index contributed by atoms with van der Waals surface area (Å²) < 4.78 is 0. The van der Waals surface area contributed by atoms with E-state index in [1.54, 1.807) is 0 Å². The number of hydrogen-bond donors (Lipinski definition) is 2. The number of aromatic nitrogens is 1. The van der Waals surface area contributed by atoms with Crippen molar-refractivity contribution in [2.75, 3.05) is 0 Å². The smallest absolute Gasteiger partial charge is 0.273 e. The van der Waals surface area contributed by atoms with Crippen molar-refractivity contribution in [3.05, 3.63) is 40.9 Å². The molecule has 1 aromatic heterocycles. The van der Waals surface area contributed by atoms with Gasteiger partial charge >= 0.3 is 0 Å². The summed E-state index contributed by atoms with van der Waals surface area (Å²) in [6.45, 7) is 1.83. The zero-order valence-corrected chi connectivity index (χ0v) is 17.6. The van der Waals surface area contributed by atoms with Gasteiger partial charge in [-0.3, -0.25) is 20.4 Å². The van der Waals surface area contributed by atoms with Crippen LogP contribution in [-0.2, 0) is 4.79 Å². The molecule has 1 heterocycles. The molecule has 5 nitrogen and oxygen atoms in total. The number of benzene rings is 1. The minimum absolute atomic E-state index is 0.0641. The van der Waals surface area contributed by atoms with Crippen LogP contribution in [0.15, 0.2) is 30.3 Å². The molecule has 1 aromatic carbocycles. The highest BCUT2D eigenvalue weighted by Crippen LogP contribution is 2.61. The number of carbonyl (C=O) groups excluding carboxylic acids is 2. The molecule has 4 bridgehead atoms. The molecule has 4 aliphatic carbocycles.